The number of piperidine rings is 1. The van der Waals surface area contributed by atoms with E-state index in [9.17, 15) is 4.79 Å². The predicted molar refractivity (Wildman–Crippen MR) is 131 cm³/mol. The van der Waals surface area contributed by atoms with Crippen molar-refractivity contribution in [1.82, 2.24) is 28.9 Å². The van der Waals surface area contributed by atoms with E-state index in [1.807, 2.05) is 38.4 Å². The number of pyridine rings is 1. The number of hydrogen-bond donors (Lipinski definition) is 0. The van der Waals surface area contributed by atoms with Crippen LogP contribution in [0.25, 0.3) is 22.6 Å². The van der Waals surface area contributed by atoms with Gasteiger partial charge in [-0.25, -0.2) is 9.50 Å². The zero-order valence-corrected chi connectivity index (χ0v) is 19.6. The van der Waals surface area contributed by atoms with E-state index >= 15 is 0 Å². The van der Waals surface area contributed by atoms with Crippen LogP contribution in [0.15, 0.2) is 41.5 Å². The average molecular weight is 460 g/mol. The molecule has 0 unspecified atom stereocenters. The van der Waals surface area contributed by atoms with E-state index < -0.39 is 0 Å². The Balaban J connectivity index is 1.25. The highest BCUT2D eigenvalue weighted by Crippen LogP contribution is 2.24. The molecule has 0 N–H and O–H groups in total. The lowest BCUT2D eigenvalue weighted by molar-refractivity contribution is 0.0115. The van der Waals surface area contributed by atoms with Crippen molar-refractivity contribution in [2.24, 2.45) is 0 Å². The van der Waals surface area contributed by atoms with Crippen molar-refractivity contribution < 1.29 is 4.74 Å². The minimum atomic E-state index is -0.104. The summed E-state index contributed by atoms with van der Waals surface area (Å²) in [7, 11) is 0. The lowest BCUT2D eigenvalue weighted by Crippen LogP contribution is -2.49. The summed E-state index contributed by atoms with van der Waals surface area (Å²) >= 11 is 0. The number of aryl methyl sites for hydroxylation is 2. The second kappa shape index (κ2) is 8.48. The maximum Gasteiger partial charge on any atom is 0.258 e. The Kier molecular flexibility index (Phi) is 5.30. The van der Waals surface area contributed by atoms with Crippen LogP contribution in [-0.4, -0.2) is 74.3 Å². The largest absolute Gasteiger partial charge is 0.379 e. The number of hydrogen-bond acceptors (Lipinski definition) is 7. The zero-order chi connectivity index (χ0) is 23.2. The molecule has 6 rings (SSSR count). The van der Waals surface area contributed by atoms with Crippen LogP contribution in [0.1, 0.15) is 24.2 Å². The fourth-order valence-corrected chi connectivity index (χ4v) is 5.26. The molecule has 4 aromatic heterocycles. The molecule has 2 aliphatic rings. The number of fused-ring (bicyclic) bond motifs is 2. The van der Waals surface area contributed by atoms with Gasteiger partial charge in [0.2, 0.25) is 0 Å². The number of nitrogens with zero attached hydrogens (tertiary/aromatic N) is 7. The van der Waals surface area contributed by atoms with Crippen LogP contribution >= 0.6 is 0 Å². The van der Waals surface area contributed by atoms with Gasteiger partial charge in [-0.05, 0) is 44.9 Å². The van der Waals surface area contributed by atoms with Crippen molar-refractivity contribution in [2.75, 3.05) is 44.3 Å². The smallest absolute Gasteiger partial charge is 0.258 e. The third kappa shape index (κ3) is 3.84. The SMILES string of the molecule is Cc1cn2nc(-c3cc(=O)n4cc(N5CCC(N6CCOCC6)CC5)ccc4n3)cc2c(C)n1. The third-order valence-electron chi connectivity index (χ3n) is 7.06. The Morgan fingerprint density at radius 1 is 0.941 bits per heavy atom. The molecule has 6 heterocycles. The molecule has 0 bridgehead atoms. The summed E-state index contributed by atoms with van der Waals surface area (Å²) in [6.45, 7) is 9.63. The molecule has 0 radical (unpaired) electrons. The Labute approximate surface area is 197 Å². The van der Waals surface area contributed by atoms with E-state index in [0.717, 1.165) is 74.8 Å². The van der Waals surface area contributed by atoms with Gasteiger partial charge in [0.05, 0.1) is 47.7 Å². The van der Waals surface area contributed by atoms with Crippen molar-refractivity contribution in [3.63, 3.8) is 0 Å². The Morgan fingerprint density at radius 3 is 2.53 bits per heavy atom. The van der Waals surface area contributed by atoms with Crippen molar-refractivity contribution in [3.05, 3.63) is 58.4 Å². The maximum absolute atomic E-state index is 13.0. The number of ether oxygens (including phenoxy) is 1. The van der Waals surface area contributed by atoms with Crippen molar-refractivity contribution in [2.45, 2.75) is 32.7 Å². The molecule has 176 valence electrons. The number of rotatable bonds is 3. The standard InChI is InChI=1S/C25H29N7O2/c1-17-15-32-23(18(2)26-17)13-22(28-32)21-14-25(33)31-16-20(3-4-24(31)27-21)29-7-5-19(6-8-29)30-9-11-34-12-10-30/h3-4,13-16,19H,5-12H2,1-2H3. The number of morpholine rings is 1. The van der Waals surface area contributed by atoms with Crippen LogP contribution in [0, 0.1) is 13.8 Å². The molecule has 0 aliphatic carbocycles. The van der Waals surface area contributed by atoms with Crippen LogP contribution < -0.4 is 10.5 Å². The molecule has 0 amide bonds. The van der Waals surface area contributed by atoms with Gasteiger partial charge < -0.3 is 9.64 Å². The molecule has 4 aromatic rings. The Hall–Kier alpha value is -3.30. The predicted octanol–water partition coefficient (Wildman–Crippen LogP) is 2.32. The van der Waals surface area contributed by atoms with Gasteiger partial charge in [-0.15, -0.1) is 0 Å². The molecule has 2 aliphatic heterocycles. The fraction of sp³-hybridized carbons (Fsp3) is 0.440. The van der Waals surface area contributed by atoms with E-state index in [4.69, 9.17) is 9.72 Å². The summed E-state index contributed by atoms with van der Waals surface area (Å²) in [5, 5.41) is 4.64. The number of aromatic nitrogens is 5. The lowest BCUT2D eigenvalue weighted by atomic mass is 10.0. The van der Waals surface area contributed by atoms with Gasteiger partial charge >= 0.3 is 0 Å². The van der Waals surface area contributed by atoms with Crippen molar-refractivity contribution in [1.29, 1.82) is 0 Å². The second-order valence-electron chi connectivity index (χ2n) is 9.29. The molecule has 9 heteroatoms. The summed E-state index contributed by atoms with van der Waals surface area (Å²) in [6.07, 6.45) is 6.07. The highest BCUT2D eigenvalue weighted by Gasteiger charge is 2.26. The van der Waals surface area contributed by atoms with E-state index in [-0.39, 0.29) is 5.56 Å². The van der Waals surface area contributed by atoms with Crippen LogP contribution in [0.4, 0.5) is 5.69 Å². The summed E-state index contributed by atoms with van der Waals surface area (Å²) in [4.78, 5) is 27.2. The van der Waals surface area contributed by atoms with Gasteiger partial charge in [-0.1, -0.05) is 0 Å². The quantitative estimate of drug-likeness (QED) is 0.465. The highest BCUT2D eigenvalue weighted by molar-refractivity contribution is 5.66. The topological polar surface area (TPSA) is 80.3 Å². The molecule has 0 atom stereocenters. The van der Waals surface area contributed by atoms with Gasteiger partial charge in [0.1, 0.15) is 11.3 Å². The molecule has 0 spiro atoms. The maximum atomic E-state index is 13.0. The second-order valence-corrected chi connectivity index (χ2v) is 9.29. The molecular formula is C25H29N7O2. The van der Waals surface area contributed by atoms with Gasteiger partial charge in [-0.2, -0.15) is 5.10 Å². The highest BCUT2D eigenvalue weighted by atomic mass is 16.5. The van der Waals surface area contributed by atoms with E-state index in [1.165, 1.54) is 0 Å². The fourth-order valence-electron chi connectivity index (χ4n) is 5.26. The summed E-state index contributed by atoms with van der Waals surface area (Å²) in [5.41, 5.74) is 5.54. The molecule has 0 aromatic carbocycles. The summed E-state index contributed by atoms with van der Waals surface area (Å²) < 4.78 is 8.94. The third-order valence-corrected chi connectivity index (χ3v) is 7.06. The minimum Gasteiger partial charge on any atom is -0.379 e. The van der Waals surface area contributed by atoms with Gasteiger partial charge in [0.15, 0.2) is 0 Å². The Morgan fingerprint density at radius 2 is 1.74 bits per heavy atom. The van der Waals surface area contributed by atoms with E-state index in [1.54, 1.807) is 15.0 Å². The van der Waals surface area contributed by atoms with Gasteiger partial charge in [0.25, 0.3) is 5.56 Å². The normalized spacial score (nSPS) is 18.2. The summed E-state index contributed by atoms with van der Waals surface area (Å²) in [6, 6.07) is 8.13. The molecule has 34 heavy (non-hydrogen) atoms. The van der Waals surface area contributed by atoms with Gasteiger partial charge in [-0.3, -0.25) is 19.1 Å². The van der Waals surface area contributed by atoms with Crippen LogP contribution in [0.3, 0.4) is 0 Å². The van der Waals surface area contributed by atoms with Crippen molar-refractivity contribution >= 4 is 16.9 Å². The van der Waals surface area contributed by atoms with Crippen LogP contribution in [0.2, 0.25) is 0 Å². The first-order valence-corrected chi connectivity index (χ1v) is 12.0. The van der Waals surface area contributed by atoms with Crippen LogP contribution in [-0.2, 0) is 4.74 Å². The number of anilines is 1. The van der Waals surface area contributed by atoms with E-state index in [2.05, 4.69) is 25.9 Å². The molecular weight excluding hydrogens is 430 g/mol. The lowest BCUT2D eigenvalue weighted by Gasteiger charge is -2.40. The van der Waals surface area contributed by atoms with E-state index in [0.29, 0.717) is 23.1 Å². The molecule has 2 fully saturated rings. The first-order chi connectivity index (χ1) is 16.5. The minimum absolute atomic E-state index is 0.104. The molecule has 2 saturated heterocycles. The Bertz CT molecular complexity index is 1410. The zero-order valence-electron chi connectivity index (χ0n) is 19.6. The van der Waals surface area contributed by atoms with Crippen molar-refractivity contribution in [3.8, 4) is 11.4 Å². The first kappa shape index (κ1) is 21.2. The molecule has 9 nitrogen and oxygen atoms in total. The first-order valence-electron chi connectivity index (χ1n) is 12.0. The van der Waals surface area contributed by atoms with Crippen LogP contribution in [0.5, 0.6) is 0 Å². The molecule has 0 saturated carbocycles. The monoisotopic (exact) mass is 459 g/mol. The van der Waals surface area contributed by atoms with Gasteiger partial charge in [0, 0.05) is 44.5 Å². The average Bonchev–Trinajstić information content (AvgIpc) is 3.29. The summed E-state index contributed by atoms with van der Waals surface area (Å²) in [5.74, 6) is 0.